The van der Waals surface area contributed by atoms with Crippen molar-refractivity contribution in [2.24, 2.45) is 4.99 Å². The number of esters is 1. The molecule has 3 heterocycles. The second-order valence-electron chi connectivity index (χ2n) is 7.15. The van der Waals surface area contributed by atoms with Crippen molar-refractivity contribution in [2.45, 2.75) is 26.8 Å². The molecule has 4 rings (SSSR count). The molecule has 164 valence electrons. The number of carbonyl (C=O) groups excluding carboxylic acids is 1. The van der Waals surface area contributed by atoms with Gasteiger partial charge in [-0.1, -0.05) is 41.2 Å². The average Bonchev–Trinajstić information content (AvgIpc) is 3.33. The van der Waals surface area contributed by atoms with Crippen molar-refractivity contribution < 1.29 is 18.9 Å². The molecule has 0 fully saturated rings. The molecule has 0 saturated heterocycles. The third-order valence-corrected chi connectivity index (χ3v) is 5.96. The Kier molecular flexibility index (Phi) is 5.62. The number of allylic oxidation sites excluding steroid dienone is 1. The Labute approximate surface area is 185 Å². The van der Waals surface area contributed by atoms with E-state index in [1.807, 2.05) is 31.2 Å². The first-order chi connectivity index (χ1) is 15.3. The number of carbonyl (C=O) groups is 1. The van der Waals surface area contributed by atoms with Gasteiger partial charge in [-0.25, -0.2) is 9.79 Å². The number of hydrogen-bond donors (Lipinski definition) is 0. The van der Waals surface area contributed by atoms with Gasteiger partial charge >= 0.3 is 11.9 Å². The van der Waals surface area contributed by atoms with Gasteiger partial charge in [0.2, 0.25) is 0 Å². The Balaban J connectivity index is 1.93. The number of ether oxygens (including phenoxy) is 1. The molecule has 0 radical (unpaired) electrons. The zero-order chi connectivity index (χ0) is 23.0. The summed E-state index contributed by atoms with van der Waals surface area (Å²) in [6, 6.07) is 9.48. The molecule has 1 aliphatic heterocycles. The number of fused-ring (bicyclic) bond motifs is 1. The lowest BCUT2D eigenvalue weighted by Crippen LogP contribution is -2.39. The van der Waals surface area contributed by atoms with Gasteiger partial charge in [0.25, 0.3) is 5.56 Å². The fraction of sp³-hybridized carbons (Fsp3) is 0.227. The van der Waals surface area contributed by atoms with Gasteiger partial charge in [0, 0.05) is 6.08 Å². The Hall–Kier alpha value is -3.79. The number of rotatable bonds is 5. The van der Waals surface area contributed by atoms with Crippen LogP contribution < -0.4 is 14.9 Å². The molecule has 3 aromatic rings. The Morgan fingerprint density at radius 1 is 1.28 bits per heavy atom. The highest BCUT2D eigenvalue weighted by molar-refractivity contribution is 7.07. The molecule has 1 aliphatic rings. The van der Waals surface area contributed by atoms with Crippen LogP contribution in [0.1, 0.15) is 36.8 Å². The smallest absolute Gasteiger partial charge is 0.433 e. The van der Waals surface area contributed by atoms with Gasteiger partial charge in [-0.3, -0.25) is 19.5 Å². The van der Waals surface area contributed by atoms with E-state index in [1.54, 1.807) is 13.8 Å². The summed E-state index contributed by atoms with van der Waals surface area (Å²) >= 11 is 1.12. The van der Waals surface area contributed by atoms with Crippen molar-refractivity contribution in [2.75, 3.05) is 6.61 Å². The van der Waals surface area contributed by atoms with E-state index in [9.17, 15) is 19.7 Å². The van der Waals surface area contributed by atoms with Crippen LogP contribution in [-0.2, 0) is 9.53 Å². The predicted molar refractivity (Wildman–Crippen MR) is 117 cm³/mol. The van der Waals surface area contributed by atoms with Gasteiger partial charge < -0.3 is 9.15 Å². The zero-order valence-corrected chi connectivity index (χ0v) is 18.3. The van der Waals surface area contributed by atoms with Crippen LogP contribution in [0.2, 0.25) is 0 Å². The monoisotopic (exact) mass is 453 g/mol. The SMILES string of the molecule is CCOC(=O)C1=C(C)N=c2sc(=Cc3ccc([N+](=O)[O-])o3)c(=O)n2C1c1ccc(C)cc1. The number of nitro groups is 1. The van der Waals surface area contributed by atoms with E-state index in [0.29, 0.717) is 16.1 Å². The van der Waals surface area contributed by atoms with Crippen LogP contribution in [0, 0.1) is 17.0 Å². The fourth-order valence-electron chi connectivity index (χ4n) is 3.50. The highest BCUT2D eigenvalue weighted by atomic mass is 32.1. The number of benzene rings is 1. The second-order valence-corrected chi connectivity index (χ2v) is 8.16. The second kappa shape index (κ2) is 8.39. The van der Waals surface area contributed by atoms with Crippen molar-refractivity contribution >= 4 is 29.3 Å². The molecule has 1 atom stereocenters. The zero-order valence-electron chi connectivity index (χ0n) is 17.5. The minimum atomic E-state index is -0.709. The van der Waals surface area contributed by atoms with Crippen molar-refractivity contribution in [1.29, 1.82) is 0 Å². The summed E-state index contributed by atoms with van der Waals surface area (Å²) in [6.45, 7) is 5.57. The van der Waals surface area contributed by atoms with E-state index in [1.165, 1.54) is 22.8 Å². The first-order valence-electron chi connectivity index (χ1n) is 9.80. The molecule has 0 saturated carbocycles. The molecular formula is C22H19N3O6S. The summed E-state index contributed by atoms with van der Waals surface area (Å²) in [5.74, 6) is -0.771. The number of furan rings is 1. The lowest BCUT2D eigenvalue weighted by atomic mass is 9.95. The van der Waals surface area contributed by atoms with Crippen molar-refractivity contribution in [3.8, 4) is 0 Å². The quantitative estimate of drug-likeness (QED) is 0.333. The molecular weight excluding hydrogens is 434 g/mol. The average molecular weight is 453 g/mol. The number of aromatic nitrogens is 1. The largest absolute Gasteiger partial charge is 0.463 e. The van der Waals surface area contributed by atoms with Gasteiger partial charge in [-0.2, -0.15) is 0 Å². The van der Waals surface area contributed by atoms with Gasteiger partial charge in [0.05, 0.1) is 34.5 Å². The maximum absolute atomic E-state index is 13.4. The molecule has 1 aromatic carbocycles. The van der Waals surface area contributed by atoms with E-state index in [2.05, 4.69) is 4.99 Å². The summed E-state index contributed by atoms with van der Waals surface area (Å²) in [6.07, 6.45) is 1.44. The van der Waals surface area contributed by atoms with Crippen LogP contribution in [-0.4, -0.2) is 22.1 Å². The van der Waals surface area contributed by atoms with Gasteiger partial charge in [0.15, 0.2) is 4.80 Å². The third-order valence-electron chi connectivity index (χ3n) is 4.98. The Bertz CT molecular complexity index is 1430. The Morgan fingerprint density at radius 2 is 2.00 bits per heavy atom. The lowest BCUT2D eigenvalue weighted by molar-refractivity contribution is -0.402. The van der Waals surface area contributed by atoms with E-state index in [4.69, 9.17) is 9.15 Å². The summed E-state index contributed by atoms with van der Waals surface area (Å²) in [5.41, 5.74) is 2.17. The van der Waals surface area contributed by atoms with Crippen LogP contribution in [0.4, 0.5) is 5.88 Å². The minimum Gasteiger partial charge on any atom is -0.463 e. The summed E-state index contributed by atoms with van der Waals surface area (Å²) < 4.78 is 12.2. The first-order valence-corrected chi connectivity index (χ1v) is 10.6. The lowest BCUT2D eigenvalue weighted by Gasteiger charge is -2.24. The van der Waals surface area contributed by atoms with Crippen LogP contribution in [0.15, 0.2) is 61.9 Å². The topological polar surface area (TPSA) is 117 Å². The van der Waals surface area contributed by atoms with Gasteiger partial charge in [-0.15, -0.1) is 0 Å². The van der Waals surface area contributed by atoms with Crippen LogP contribution in [0.3, 0.4) is 0 Å². The number of nitrogens with zero attached hydrogens (tertiary/aromatic N) is 3. The molecule has 9 nitrogen and oxygen atoms in total. The van der Waals surface area contributed by atoms with E-state index in [0.717, 1.165) is 22.5 Å². The summed E-state index contributed by atoms with van der Waals surface area (Å²) in [7, 11) is 0. The van der Waals surface area contributed by atoms with E-state index in [-0.39, 0.29) is 22.5 Å². The van der Waals surface area contributed by atoms with Crippen LogP contribution in [0.25, 0.3) is 6.08 Å². The molecule has 0 aliphatic carbocycles. The molecule has 1 unspecified atom stereocenters. The molecule has 0 bridgehead atoms. The number of thiazole rings is 1. The van der Waals surface area contributed by atoms with Crippen LogP contribution >= 0.6 is 11.3 Å². The molecule has 10 heteroatoms. The van der Waals surface area contributed by atoms with Crippen molar-refractivity contribution in [3.05, 3.63) is 94.4 Å². The van der Waals surface area contributed by atoms with Gasteiger partial charge in [-0.05, 0) is 32.4 Å². The van der Waals surface area contributed by atoms with Crippen molar-refractivity contribution in [1.82, 2.24) is 4.57 Å². The number of hydrogen-bond acceptors (Lipinski definition) is 8. The summed E-state index contributed by atoms with van der Waals surface area (Å²) in [4.78, 5) is 41.3. The maximum Gasteiger partial charge on any atom is 0.433 e. The molecule has 0 N–H and O–H groups in total. The van der Waals surface area contributed by atoms with E-state index < -0.39 is 22.8 Å². The third kappa shape index (κ3) is 3.80. The summed E-state index contributed by atoms with van der Waals surface area (Å²) in [5, 5.41) is 10.9. The molecule has 0 amide bonds. The normalized spacial score (nSPS) is 16.0. The molecule has 32 heavy (non-hydrogen) atoms. The Morgan fingerprint density at radius 3 is 2.62 bits per heavy atom. The van der Waals surface area contributed by atoms with E-state index >= 15 is 0 Å². The highest BCUT2D eigenvalue weighted by Gasteiger charge is 2.33. The van der Waals surface area contributed by atoms with Crippen molar-refractivity contribution in [3.63, 3.8) is 0 Å². The number of aryl methyl sites for hydroxylation is 1. The van der Waals surface area contributed by atoms with Gasteiger partial charge in [0.1, 0.15) is 10.7 Å². The molecule has 0 spiro atoms. The first kappa shape index (κ1) is 21.4. The fourth-order valence-corrected chi connectivity index (χ4v) is 4.53. The highest BCUT2D eigenvalue weighted by Crippen LogP contribution is 2.30. The minimum absolute atomic E-state index is 0.176. The standard InChI is InChI=1S/C22H19N3O6S/c1-4-30-21(27)18-13(3)23-22-24(19(18)14-7-5-12(2)6-8-14)20(26)16(32-22)11-15-9-10-17(31-15)25(28)29/h5-11,19H,4H2,1-3H3. The molecule has 2 aromatic heterocycles. The predicted octanol–water partition coefficient (Wildman–Crippen LogP) is 2.61. The maximum atomic E-state index is 13.4. The van der Waals surface area contributed by atoms with Crippen LogP contribution in [0.5, 0.6) is 0 Å².